The van der Waals surface area contributed by atoms with E-state index < -0.39 is 0 Å². The quantitative estimate of drug-likeness (QED) is 0.650. The van der Waals surface area contributed by atoms with E-state index in [0.29, 0.717) is 6.42 Å². The second-order valence-corrected chi connectivity index (χ2v) is 8.68. The molecule has 2 aromatic rings. The minimum Gasteiger partial charge on any atom is -0.478 e. The van der Waals surface area contributed by atoms with Crippen molar-refractivity contribution < 1.29 is 9.53 Å². The Bertz CT molecular complexity index is 800. The van der Waals surface area contributed by atoms with Crippen LogP contribution in [0.15, 0.2) is 36.9 Å². The summed E-state index contributed by atoms with van der Waals surface area (Å²) < 4.78 is 5.86. The van der Waals surface area contributed by atoms with Crippen LogP contribution in [0, 0.1) is 5.92 Å². The third kappa shape index (κ3) is 6.72. The fraction of sp³-hybridized carbons (Fsp3) is 0.583. The first-order valence-electron chi connectivity index (χ1n) is 11.6. The normalized spacial score (nSPS) is 18.1. The molecule has 0 N–H and O–H groups in total. The lowest BCUT2D eigenvalue weighted by Gasteiger charge is -2.34. The van der Waals surface area contributed by atoms with Crippen LogP contribution in [0.2, 0.25) is 0 Å². The predicted molar refractivity (Wildman–Crippen MR) is 119 cm³/mol. The smallest absolute Gasteiger partial charge is 0.228 e. The summed E-state index contributed by atoms with van der Waals surface area (Å²) in [6, 6.07) is 4.09. The van der Waals surface area contributed by atoms with Gasteiger partial charge in [-0.3, -0.25) is 19.7 Å². The third-order valence-corrected chi connectivity index (χ3v) is 6.38. The van der Waals surface area contributed by atoms with Crippen molar-refractivity contribution in [2.75, 3.05) is 32.8 Å². The number of ether oxygens (including phenoxy) is 1. The molecule has 2 aromatic heterocycles. The van der Waals surface area contributed by atoms with Gasteiger partial charge in [0.15, 0.2) is 0 Å². The molecule has 1 aliphatic carbocycles. The van der Waals surface area contributed by atoms with E-state index in [0.717, 1.165) is 63.2 Å². The van der Waals surface area contributed by atoms with E-state index in [-0.39, 0.29) is 5.91 Å². The van der Waals surface area contributed by atoms with Gasteiger partial charge in [0, 0.05) is 63.6 Å². The second kappa shape index (κ2) is 11.2. The summed E-state index contributed by atoms with van der Waals surface area (Å²) in [5, 5.41) is 0. The molecule has 4 rings (SSSR count). The van der Waals surface area contributed by atoms with Gasteiger partial charge in [0.25, 0.3) is 0 Å². The lowest BCUT2D eigenvalue weighted by molar-refractivity contribution is -0.132. The van der Waals surface area contributed by atoms with Crippen molar-refractivity contribution >= 4 is 5.91 Å². The van der Waals surface area contributed by atoms with Crippen LogP contribution < -0.4 is 4.74 Å². The van der Waals surface area contributed by atoms with Crippen LogP contribution in [0.4, 0.5) is 0 Å². The zero-order chi connectivity index (χ0) is 21.3. The van der Waals surface area contributed by atoms with Crippen LogP contribution in [0.25, 0.3) is 0 Å². The van der Waals surface area contributed by atoms with E-state index in [1.165, 1.54) is 37.7 Å². The van der Waals surface area contributed by atoms with Crippen molar-refractivity contribution in [1.82, 2.24) is 24.8 Å². The number of rotatable bonds is 8. The van der Waals surface area contributed by atoms with Gasteiger partial charge in [-0.1, -0.05) is 38.2 Å². The zero-order valence-corrected chi connectivity index (χ0v) is 18.3. The highest BCUT2D eigenvalue weighted by molar-refractivity contribution is 5.78. The largest absolute Gasteiger partial charge is 0.478 e. The van der Waals surface area contributed by atoms with Crippen molar-refractivity contribution in [3.05, 3.63) is 48.2 Å². The summed E-state index contributed by atoms with van der Waals surface area (Å²) >= 11 is 0. The maximum Gasteiger partial charge on any atom is 0.228 e. The van der Waals surface area contributed by atoms with Gasteiger partial charge in [-0.15, -0.1) is 0 Å². The standard InChI is InChI=1S/C24H33N5O2/c30-24(16-22-18-25-9-10-26-22)29-13-11-28(12-14-29)19-21-6-7-23(27-17-21)31-15-8-20-4-2-1-3-5-20/h6-7,9-10,17-18,20H,1-5,8,11-16,19H2. The molecule has 0 radical (unpaired) electrons. The Kier molecular flexibility index (Phi) is 7.82. The number of carbonyl (C=O) groups excluding carboxylic acids is 1. The van der Waals surface area contributed by atoms with Crippen LogP contribution in [-0.2, 0) is 17.8 Å². The second-order valence-electron chi connectivity index (χ2n) is 8.68. The van der Waals surface area contributed by atoms with Gasteiger partial charge in [-0.2, -0.15) is 0 Å². The third-order valence-electron chi connectivity index (χ3n) is 6.38. The van der Waals surface area contributed by atoms with Crippen molar-refractivity contribution in [1.29, 1.82) is 0 Å². The highest BCUT2D eigenvalue weighted by Crippen LogP contribution is 2.26. The van der Waals surface area contributed by atoms with Gasteiger partial charge in [-0.05, 0) is 17.9 Å². The predicted octanol–water partition coefficient (Wildman–Crippen LogP) is 3.11. The molecular formula is C24H33N5O2. The fourth-order valence-corrected chi connectivity index (χ4v) is 4.50. The summed E-state index contributed by atoms with van der Waals surface area (Å²) in [4.78, 5) is 29.5. The van der Waals surface area contributed by atoms with E-state index in [4.69, 9.17) is 4.74 Å². The average Bonchev–Trinajstić information content (AvgIpc) is 2.82. The van der Waals surface area contributed by atoms with Crippen LogP contribution in [-0.4, -0.2) is 63.4 Å². The molecule has 166 valence electrons. The van der Waals surface area contributed by atoms with E-state index in [1.807, 2.05) is 17.2 Å². The van der Waals surface area contributed by atoms with Crippen molar-refractivity contribution in [2.24, 2.45) is 5.92 Å². The summed E-state index contributed by atoms with van der Waals surface area (Å²) in [5.74, 6) is 1.68. The van der Waals surface area contributed by atoms with Gasteiger partial charge in [0.2, 0.25) is 11.8 Å². The molecule has 1 saturated heterocycles. The molecule has 2 fully saturated rings. The summed E-state index contributed by atoms with van der Waals surface area (Å²) in [6.45, 7) is 4.84. The number of hydrogen-bond donors (Lipinski definition) is 0. The fourth-order valence-electron chi connectivity index (χ4n) is 4.50. The Morgan fingerprint density at radius 2 is 1.84 bits per heavy atom. The van der Waals surface area contributed by atoms with Crippen LogP contribution in [0.5, 0.6) is 5.88 Å². The molecule has 0 atom stereocenters. The number of nitrogens with zero attached hydrogens (tertiary/aromatic N) is 5. The number of pyridine rings is 1. The molecule has 0 aromatic carbocycles. The molecular weight excluding hydrogens is 390 g/mol. The molecule has 31 heavy (non-hydrogen) atoms. The average molecular weight is 424 g/mol. The topological polar surface area (TPSA) is 71.5 Å². The monoisotopic (exact) mass is 423 g/mol. The first-order valence-corrected chi connectivity index (χ1v) is 11.6. The summed E-state index contributed by atoms with van der Waals surface area (Å²) in [7, 11) is 0. The van der Waals surface area contributed by atoms with E-state index in [9.17, 15) is 4.79 Å². The number of hydrogen-bond acceptors (Lipinski definition) is 6. The Morgan fingerprint density at radius 3 is 2.55 bits per heavy atom. The van der Waals surface area contributed by atoms with Crippen LogP contribution >= 0.6 is 0 Å². The molecule has 1 saturated carbocycles. The van der Waals surface area contributed by atoms with Gasteiger partial charge >= 0.3 is 0 Å². The van der Waals surface area contributed by atoms with Gasteiger partial charge in [-0.25, -0.2) is 4.98 Å². The molecule has 0 bridgehead atoms. The van der Waals surface area contributed by atoms with Crippen molar-refractivity contribution in [3.63, 3.8) is 0 Å². The number of aromatic nitrogens is 3. The first-order chi connectivity index (χ1) is 15.3. The van der Waals surface area contributed by atoms with Gasteiger partial charge < -0.3 is 9.64 Å². The molecule has 2 aliphatic rings. The molecule has 0 unspecified atom stereocenters. The SMILES string of the molecule is O=C(Cc1cnccn1)N1CCN(Cc2ccc(OCCC3CCCCC3)nc2)CC1. The lowest BCUT2D eigenvalue weighted by Crippen LogP contribution is -2.48. The molecule has 7 heteroatoms. The zero-order valence-electron chi connectivity index (χ0n) is 18.3. The molecule has 1 aliphatic heterocycles. The summed E-state index contributed by atoms with van der Waals surface area (Å²) in [5.41, 5.74) is 1.90. The van der Waals surface area contributed by atoms with Crippen molar-refractivity contribution in [2.45, 2.75) is 51.5 Å². The number of amides is 1. The molecule has 0 spiro atoms. The molecule has 3 heterocycles. The molecule has 1 amide bonds. The molecule has 7 nitrogen and oxygen atoms in total. The highest BCUT2D eigenvalue weighted by Gasteiger charge is 2.21. The Morgan fingerprint density at radius 1 is 1.00 bits per heavy atom. The Labute approximate surface area is 184 Å². The maximum atomic E-state index is 12.5. The first kappa shape index (κ1) is 21.7. The summed E-state index contributed by atoms with van der Waals surface area (Å²) in [6.07, 6.45) is 15.1. The van der Waals surface area contributed by atoms with Crippen molar-refractivity contribution in [3.8, 4) is 5.88 Å². The maximum absolute atomic E-state index is 12.5. The van der Waals surface area contributed by atoms with E-state index in [1.54, 1.807) is 18.6 Å². The van der Waals surface area contributed by atoms with Crippen LogP contribution in [0.1, 0.15) is 49.8 Å². The highest BCUT2D eigenvalue weighted by atomic mass is 16.5. The van der Waals surface area contributed by atoms with E-state index in [2.05, 4.69) is 25.9 Å². The van der Waals surface area contributed by atoms with Gasteiger partial charge in [0.1, 0.15) is 0 Å². The Balaban J connectivity index is 1.16. The number of carbonyl (C=O) groups is 1. The lowest BCUT2D eigenvalue weighted by atomic mass is 9.87. The van der Waals surface area contributed by atoms with E-state index >= 15 is 0 Å². The number of piperazine rings is 1. The Hall–Kier alpha value is -2.54. The minimum absolute atomic E-state index is 0.122. The van der Waals surface area contributed by atoms with Gasteiger partial charge in [0.05, 0.1) is 18.7 Å². The van der Waals surface area contributed by atoms with Crippen LogP contribution in [0.3, 0.4) is 0 Å². The minimum atomic E-state index is 0.122.